The van der Waals surface area contributed by atoms with Crippen molar-refractivity contribution in [1.82, 2.24) is 5.32 Å². The number of hydrogen-bond donors (Lipinski definition) is 2. The van der Waals surface area contributed by atoms with Gasteiger partial charge in [-0.1, -0.05) is 48.5 Å². The second-order valence-electron chi connectivity index (χ2n) is 8.18. The number of benzene rings is 4. The standard InChI is InChI=1S/C30H28N2O5/c1-35-25-15-11-22(12-16-25)29(21-7-4-3-5-8-21)32-30(34)23-13-17-26(18-14-23)37-20-28(33)31-24-9-6-10-27(19-24)36-2/h3-19,29H,20H2,1-2H3,(H,31,33)(H,32,34). The summed E-state index contributed by atoms with van der Waals surface area (Å²) >= 11 is 0. The largest absolute Gasteiger partial charge is 0.497 e. The summed E-state index contributed by atoms with van der Waals surface area (Å²) in [6.07, 6.45) is 0. The number of anilines is 1. The van der Waals surface area contributed by atoms with Crippen LogP contribution < -0.4 is 24.8 Å². The zero-order chi connectivity index (χ0) is 26.0. The highest BCUT2D eigenvalue weighted by Gasteiger charge is 2.18. The number of carbonyl (C=O) groups excluding carboxylic acids is 2. The molecule has 0 aliphatic carbocycles. The molecule has 0 heterocycles. The maximum Gasteiger partial charge on any atom is 0.262 e. The van der Waals surface area contributed by atoms with Crippen LogP contribution in [0.15, 0.2) is 103 Å². The summed E-state index contributed by atoms with van der Waals surface area (Å²) in [6, 6.07) is 30.8. The van der Waals surface area contributed by atoms with Crippen molar-refractivity contribution >= 4 is 17.5 Å². The molecule has 2 amide bonds. The lowest BCUT2D eigenvalue weighted by Gasteiger charge is -2.20. The van der Waals surface area contributed by atoms with Gasteiger partial charge in [-0.2, -0.15) is 0 Å². The summed E-state index contributed by atoms with van der Waals surface area (Å²) in [5.41, 5.74) is 2.98. The first kappa shape index (κ1) is 25.3. The molecule has 0 radical (unpaired) electrons. The first-order chi connectivity index (χ1) is 18.1. The Labute approximate surface area is 216 Å². The Morgan fingerprint density at radius 2 is 1.35 bits per heavy atom. The molecule has 0 aliphatic rings. The molecular weight excluding hydrogens is 468 g/mol. The average Bonchev–Trinajstić information content (AvgIpc) is 2.95. The third kappa shape index (κ3) is 6.89. The van der Waals surface area contributed by atoms with Crippen LogP contribution in [0, 0.1) is 0 Å². The molecule has 2 N–H and O–H groups in total. The van der Waals surface area contributed by atoms with Crippen molar-refractivity contribution in [2.75, 3.05) is 26.1 Å². The number of ether oxygens (including phenoxy) is 3. The molecule has 37 heavy (non-hydrogen) atoms. The minimum absolute atomic E-state index is 0.170. The van der Waals surface area contributed by atoms with E-state index in [-0.39, 0.29) is 24.5 Å². The molecule has 0 bridgehead atoms. The predicted molar refractivity (Wildman–Crippen MR) is 142 cm³/mol. The SMILES string of the molecule is COc1ccc(C(NC(=O)c2ccc(OCC(=O)Nc3cccc(OC)c3)cc2)c2ccccc2)cc1. The molecule has 7 nitrogen and oxygen atoms in total. The van der Waals surface area contributed by atoms with Crippen molar-refractivity contribution in [3.8, 4) is 17.2 Å². The summed E-state index contributed by atoms with van der Waals surface area (Å²) in [6.45, 7) is -0.170. The third-order valence-corrected chi connectivity index (χ3v) is 5.70. The predicted octanol–water partition coefficient (Wildman–Crippen LogP) is 5.24. The van der Waals surface area contributed by atoms with Crippen LogP contribution in [0.5, 0.6) is 17.2 Å². The highest BCUT2D eigenvalue weighted by Crippen LogP contribution is 2.25. The molecule has 0 aliphatic heterocycles. The van der Waals surface area contributed by atoms with E-state index in [9.17, 15) is 9.59 Å². The van der Waals surface area contributed by atoms with E-state index in [2.05, 4.69) is 10.6 Å². The Bertz CT molecular complexity index is 1320. The van der Waals surface area contributed by atoms with Gasteiger partial charge in [0.2, 0.25) is 0 Å². The molecule has 0 saturated carbocycles. The topological polar surface area (TPSA) is 85.9 Å². The molecule has 0 spiro atoms. The van der Waals surface area contributed by atoms with Crippen molar-refractivity contribution in [1.29, 1.82) is 0 Å². The molecule has 4 aromatic rings. The zero-order valence-electron chi connectivity index (χ0n) is 20.6. The Hall–Kier alpha value is -4.78. The lowest BCUT2D eigenvalue weighted by atomic mass is 9.98. The maximum absolute atomic E-state index is 13.1. The van der Waals surface area contributed by atoms with E-state index in [1.807, 2.05) is 54.6 Å². The quantitative estimate of drug-likeness (QED) is 0.314. The molecule has 4 rings (SSSR count). The number of rotatable bonds is 10. The van der Waals surface area contributed by atoms with Crippen molar-refractivity contribution in [2.45, 2.75) is 6.04 Å². The minimum atomic E-state index is -0.337. The summed E-state index contributed by atoms with van der Waals surface area (Å²) in [4.78, 5) is 25.3. The minimum Gasteiger partial charge on any atom is -0.497 e. The molecule has 7 heteroatoms. The summed E-state index contributed by atoms with van der Waals surface area (Å²) in [5, 5.41) is 5.88. The van der Waals surface area contributed by atoms with Gasteiger partial charge in [0.25, 0.3) is 11.8 Å². The van der Waals surface area contributed by atoms with Crippen molar-refractivity contribution in [2.24, 2.45) is 0 Å². The molecule has 0 saturated heterocycles. The number of methoxy groups -OCH3 is 2. The van der Waals surface area contributed by atoms with Gasteiger partial charge in [0.1, 0.15) is 17.2 Å². The second kappa shape index (κ2) is 12.3. The third-order valence-electron chi connectivity index (χ3n) is 5.70. The van der Waals surface area contributed by atoms with Crippen molar-refractivity contribution in [3.05, 3.63) is 120 Å². The first-order valence-electron chi connectivity index (χ1n) is 11.7. The molecule has 4 aromatic carbocycles. The van der Waals surface area contributed by atoms with E-state index in [1.54, 1.807) is 62.8 Å². The van der Waals surface area contributed by atoms with Gasteiger partial charge in [0.15, 0.2) is 6.61 Å². The van der Waals surface area contributed by atoms with Gasteiger partial charge >= 0.3 is 0 Å². The van der Waals surface area contributed by atoms with Crippen LogP contribution in [-0.2, 0) is 4.79 Å². The average molecular weight is 497 g/mol. The van der Waals surface area contributed by atoms with Crippen LogP contribution in [0.4, 0.5) is 5.69 Å². The van der Waals surface area contributed by atoms with Gasteiger partial charge in [0, 0.05) is 17.3 Å². The van der Waals surface area contributed by atoms with Gasteiger partial charge in [-0.3, -0.25) is 9.59 Å². The molecule has 0 aromatic heterocycles. The Morgan fingerprint density at radius 1 is 0.703 bits per heavy atom. The monoisotopic (exact) mass is 496 g/mol. The van der Waals surface area contributed by atoms with E-state index in [0.29, 0.717) is 22.7 Å². The normalized spacial score (nSPS) is 11.2. The van der Waals surface area contributed by atoms with E-state index in [0.717, 1.165) is 16.9 Å². The number of hydrogen-bond acceptors (Lipinski definition) is 5. The number of nitrogens with one attached hydrogen (secondary N) is 2. The van der Waals surface area contributed by atoms with Crippen LogP contribution >= 0.6 is 0 Å². The Morgan fingerprint density at radius 3 is 2.03 bits per heavy atom. The molecular formula is C30H28N2O5. The molecule has 0 fully saturated rings. The Balaban J connectivity index is 1.38. The van der Waals surface area contributed by atoms with E-state index < -0.39 is 0 Å². The fourth-order valence-electron chi connectivity index (χ4n) is 3.76. The number of carbonyl (C=O) groups is 2. The maximum atomic E-state index is 13.1. The fourth-order valence-corrected chi connectivity index (χ4v) is 3.76. The van der Waals surface area contributed by atoms with Gasteiger partial charge < -0.3 is 24.8 Å². The highest BCUT2D eigenvalue weighted by atomic mass is 16.5. The van der Waals surface area contributed by atoms with E-state index >= 15 is 0 Å². The first-order valence-corrected chi connectivity index (χ1v) is 11.7. The van der Waals surface area contributed by atoms with Crippen LogP contribution in [-0.4, -0.2) is 32.6 Å². The van der Waals surface area contributed by atoms with Crippen LogP contribution in [0.1, 0.15) is 27.5 Å². The van der Waals surface area contributed by atoms with Crippen molar-refractivity contribution in [3.63, 3.8) is 0 Å². The van der Waals surface area contributed by atoms with Crippen LogP contribution in [0.2, 0.25) is 0 Å². The lowest BCUT2D eigenvalue weighted by molar-refractivity contribution is -0.118. The van der Waals surface area contributed by atoms with E-state index in [1.165, 1.54) is 0 Å². The summed E-state index contributed by atoms with van der Waals surface area (Å²) in [7, 11) is 3.18. The van der Waals surface area contributed by atoms with Gasteiger partial charge in [0.05, 0.1) is 20.3 Å². The lowest BCUT2D eigenvalue weighted by Crippen LogP contribution is -2.29. The Kier molecular flexibility index (Phi) is 8.39. The van der Waals surface area contributed by atoms with Crippen molar-refractivity contribution < 1.29 is 23.8 Å². The smallest absolute Gasteiger partial charge is 0.262 e. The second-order valence-corrected chi connectivity index (χ2v) is 8.18. The van der Waals surface area contributed by atoms with Gasteiger partial charge in [-0.15, -0.1) is 0 Å². The van der Waals surface area contributed by atoms with Gasteiger partial charge in [-0.25, -0.2) is 0 Å². The van der Waals surface area contributed by atoms with Crippen LogP contribution in [0.3, 0.4) is 0 Å². The van der Waals surface area contributed by atoms with E-state index in [4.69, 9.17) is 14.2 Å². The zero-order valence-corrected chi connectivity index (χ0v) is 20.6. The molecule has 1 unspecified atom stereocenters. The summed E-state index contributed by atoms with van der Waals surface area (Å²) in [5.74, 6) is 1.34. The number of amides is 2. The molecule has 188 valence electrons. The fraction of sp³-hybridized carbons (Fsp3) is 0.133. The summed E-state index contributed by atoms with van der Waals surface area (Å²) < 4.78 is 16.0. The van der Waals surface area contributed by atoms with Crippen LogP contribution in [0.25, 0.3) is 0 Å². The molecule has 1 atom stereocenters. The highest BCUT2D eigenvalue weighted by molar-refractivity contribution is 5.95. The van der Waals surface area contributed by atoms with Gasteiger partial charge in [-0.05, 0) is 59.7 Å².